The maximum absolute atomic E-state index is 9.76. The largest absolute Gasteiger partial charge is 0.504 e. The van der Waals surface area contributed by atoms with Gasteiger partial charge in [0.15, 0.2) is 11.5 Å². The molecule has 0 radical (unpaired) electrons. The normalized spacial score (nSPS) is 11.4. The van der Waals surface area contributed by atoms with Gasteiger partial charge in [-0.1, -0.05) is 50.1 Å². The maximum atomic E-state index is 9.76. The molecule has 2 N–H and O–H groups in total. The fourth-order valence-corrected chi connectivity index (χ4v) is 2.99. The first kappa shape index (κ1) is 21.8. The predicted octanol–water partition coefficient (Wildman–Crippen LogP) is 5.52. The molecule has 0 atom stereocenters. The topological polar surface area (TPSA) is 50.7 Å². The van der Waals surface area contributed by atoms with Crippen LogP contribution >= 0.6 is 0 Å². The van der Waals surface area contributed by atoms with Crippen molar-refractivity contribution in [3.8, 4) is 11.5 Å². The van der Waals surface area contributed by atoms with E-state index in [1.54, 1.807) is 13.2 Å². The molecule has 2 aromatic carbocycles. The summed E-state index contributed by atoms with van der Waals surface area (Å²) in [6.45, 7) is 4.77. The summed E-state index contributed by atoms with van der Waals surface area (Å²) in [5.41, 5.74) is 2.26. The van der Waals surface area contributed by atoms with Crippen LogP contribution in [0.25, 0.3) is 5.76 Å². The van der Waals surface area contributed by atoms with Crippen LogP contribution in [0.3, 0.4) is 0 Å². The number of phenols is 1. The Balaban J connectivity index is 1.62. The van der Waals surface area contributed by atoms with Gasteiger partial charge in [0.25, 0.3) is 0 Å². The van der Waals surface area contributed by atoms with Crippen LogP contribution in [-0.4, -0.2) is 25.4 Å². The fourth-order valence-electron chi connectivity index (χ4n) is 2.99. The maximum Gasteiger partial charge on any atom is 0.161 e. The minimum atomic E-state index is 0.142. The number of hydrogen-bond donors (Lipinski definition) is 2. The quantitative estimate of drug-likeness (QED) is 0.353. The molecule has 0 bridgehead atoms. The molecule has 4 nitrogen and oxygen atoms in total. The summed E-state index contributed by atoms with van der Waals surface area (Å²) in [7, 11) is 1.55. The first-order valence-corrected chi connectivity index (χ1v) is 10.2. The van der Waals surface area contributed by atoms with Crippen molar-refractivity contribution in [2.75, 3.05) is 20.3 Å². The van der Waals surface area contributed by atoms with E-state index in [0.717, 1.165) is 43.7 Å². The zero-order chi connectivity index (χ0) is 20.0. The van der Waals surface area contributed by atoms with Gasteiger partial charge in [-0.2, -0.15) is 0 Å². The van der Waals surface area contributed by atoms with Crippen molar-refractivity contribution >= 4 is 5.76 Å². The van der Waals surface area contributed by atoms with Crippen LogP contribution in [-0.2, 0) is 11.3 Å². The molecule has 2 rings (SSSR count). The Morgan fingerprint density at radius 3 is 2.57 bits per heavy atom. The lowest BCUT2D eigenvalue weighted by molar-refractivity contribution is 0.265. The fraction of sp³-hybridized carbons (Fsp3) is 0.417. The van der Waals surface area contributed by atoms with Crippen molar-refractivity contribution in [2.45, 2.75) is 45.6 Å². The number of aromatic hydroxyl groups is 1. The molecule has 4 heteroatoms. The van der Waals surface area contributed by atoms with Crippen LogP contribution in [0, 0.1) is 0 Å². The van der Waals surface area contributed by atoms with E-state index < -0.39 is 0 Å². The molecule has 0 heterocycles. The second-order valence-corrected chi connectivity index (χ2v) is 6.79. The third kappa shape index (κ3) is 7.65. The Morgan fingerprint density at radius 2 is 1.82 bits per heavy atom. The highest BCUT2D eigenvalue weighted by Gasteiger charge is 2.08. The van der Waals surface area contributed by atoms with E-state index >= 15 is 0 Å². The van der Waals surface area contributed by atoms with Gasteiger partial charge in [0.2, 0.25) is 0 Å². The number of benzene rings is 2. The molecule has 0 aliphatic carbocycles. The lowest BCUT2D eigenvalue weighted by Crippen LogP contribution is -2.14. The van der Waals surface area contributed by atoms with Crippen LogP contribution in [0.2, 0.25) is 0 Å². The van der Waals surface area contributed by atoms with Gasteiger partial charge in [-0.3, -0.25) is 0 Å². The molecular weight excluding hydrogens is 350 g/mol. The third-order valence-corrected chi connectivity index (χ3v) is 4.53. The van der Waals surface area contributed by atoms with Gasteiger partial charge in [0.05, 0.1) is 13.7 Å². The number of unbranched alkanes of at least 4 members (excludes halogenated alkanes) is 3. The number of hydrogen-bond acceptors (Lipinski definition) is 4. The van der Waals surface area contributed by atoms with E-state index in [-0.39, 0.29) is 5.75 Å². The van der Waals surface area contributed by atoms with Gasteiger partial charge in [-0.05, 0) is 55.6 Å². The Bertz CT molecular complexity index is 713. The molecule has 0 spiro atoms. The highest BCUT2D eigenvalue weighted by Crippen LogP contribution is 2.30. The highest BCUT2D eigenvalue weighted by molar-refractivity contribution is 5.63. The van der Waals surface area contributed by atoms with Gasteiger partial charge >= 0.3 is 0 Å². The number of rotatable bonds is 13. The Morgan fingerprint density at radius 1 is 1.04 bits per heavy atom. The lowest BCUT2D eigenvalue weighted by Gasteiger charge is -2.13. The lowest BCUT2D eigenvalue weighted by atomic mass is 10.1. The van der Waals surface area contributed by atoms with Gasteiger partial charge in [-0.15, -0.1) is 0 Å². The van der Waals surface area contributed by atoms with Crippen LogP contribution in [0.1, 0.15) is 50.2 Å². The average Bonchev–Trinajstić information content (AvgIpc) is 2.73. The molecule has 2 aromatic rings. The smallest absolute Gasteiger partial charge is 0.161 e. The summed E-state index contributed by atoms with van der Waals surface area (Å²) in [6.07, 6.45) is 7.54. The second-order valence-electron chi connectivity index (χ2n) is 6.79. The van der Waals surface area contributed by atoms with Crippen LogP contribution in [0.15, 0.2) is 54.6 Å². The number of allylic oxidation sites excluding steroid dienone is 1. The predicted molar refractivity (Wildman–Crippen MR) is 115 cm³/mol. The molecule has 0 unspecified atom stereocenters. The molecule has 0 saturated heterocycles. The van der Waals surface area contributed by atoms with Crippen molar-refractivity contribution in [1.82, 2.24) is 5.32 Å². The molecule has 28 heavy (non-hydrogen) atoms. The SMILES string of the molecule is CC/C=C(\OCCCCCCNCc1ccccc1)c1ccc(O)c(OC)c1. The molecular formula is C24H33NO3. The first-order valence-electron chi connectivity index (χ1n) is 10.2. The van der Waals surface area contributed by atoms with E-state index in [9.17, 15) is 5.11 Å². The van der Waals surface area contributed by atoms with Gasteiger partial charge < -0.3 is 19.9 Å². The van der Waals surface area contributed by atoms with Gasteiger partial charge in [0, 0.05) is 12.1 Å². The third-order valence-electron chi connectivity index (χ3n) is 4.53. The standard InChI is InChI=1S/C24H33NO3/c1-3-11-23(21-14-15-22(26)24(18-21)27-2)28-17-10-5-4-9-16-25-19-20-12-7-6-8-13-20/h6-8,11-15,18,25-26H,3-5,9-10,16-17,19H2,1-2H3/b23-11-. The van der Waals surface area contributed by atoms with Crippen molar-refractivity contribution < 1.29 is 14.6 Å². The monoisotopic (exact) mass is 383 g/mol. The number of phenolic OH excluding ortho intramolecular Hbond substituents is 1. The van der Waals surface area contributed by atoms with E-state index in [4.69, 9.17) is 9.47 Å². The Kier molecular flexibility index (Phi) is 10.0. The van der Waals surface area contributed by atoms with E-state index in [1.807, 2.05) is 18.2 Å². The second kappa shape index (κ2) is 12.8. The summed E-state index contributed by atoms with van der Waals surface area (Å²) in [4.78, 5) is 0. The van der Waals surface area contributed by atoms with Crippen molar-refractivity contribution in [1.29, 1.82) is 0 Å². The molecule has 0 aliphatic heterocycles. The van der Waals surface area contributed by atoms with Crippen molar-refractivity contribution in [3.63, 3.8) is 0 Å². The molecule has 0 saturated carbocycles. The summed E-state index contributed by atoms with van der Waals surface area (Å²) in [5.74, 6) is 1.46. The van der Waals surface area contributed by atoms with E-state index in [2.05, 4.69) is 42.6 Å². The number of nitrogens with one attached hydrogen (secondary N) is 1. The molecule has 0 fully saturated rings. The zero-order valence-electron chi connectivity index (χ0n) is 17.1. The first-order chi connectivity index (χ1) is 13.7. The number of ether oxygens (including phenoxy) is 2. The minimum absolute atomic E-state index is 0.142. The van der Waals surface area contributed by atoms with Crippen molar-refractivity contribution in [3.05, 3.63) is 65.7 Å². The zero-order valence-corrected chi connectivity index (χ0v) is 17.1. The van der Waals surface area contributed by atoms with Gasteiger partial charge in [0.1, 0.15) is 5.76 Å². The summed E-state index contributed by atoms with van der Waals surface area (Å²) in [6, 6.07) is 15.8. The van der Waals surface area contributed by atoms with Gasteiger partial charge in [-0.25, -0.2) is 0 Å². The molecule has 0 aliphatic rings. The van der Waals surface area contributed by atoms with Crippen LogP contribution < -0.4 is 10.1 Å². The van der Waals surface area contributed by atoms with Crippen LogP contribution in [0.4, 0.5) is 0 Å². The minimum Gasteiger partial charge on any atom is -0.504 e. The molecule has 0 amide bonds. The Hall–Kier alpha value is -2.46. The van der Waals surface area contributed by atoms with Crippen LogP contribution in [0.5, 0.6) is 11.5 Å². The van der Waals surface area contributed by atoms with Crippen molar-refractivity contribution in [2.24, 2.45) is 0 Å². The number of methoxy groups -OCH3 is 1. The molecule has 152 valence electrons. The van der Waals surface area contributed by atoms with E-state index in [0.29, 0.717) is 12.4 Å². The summed E-state index contributed by atoms with van der Waals surface area (Å²) < 4.78 is 11.2. The average molecular weight is 384 g/mol. The summed E-state index contributed by atoms with van der Waals surface area (Å²) in [5, 5.41) is 13.2. The summed E-state index contributed by atoms with van der Waals surface area (Å²) >= 11 is 0. The molecule has 0 aromatic heterocycles. The highest BCUT2D eigenvalue weighted by atomic mass is 16.5. The van der Waals surface area contributed by atoms with E-state index in [1.165, 1.54) is 18.4 Å². The Labute approximate surface area is 169 Å².